The van der Waals surface area contributed by atoms with E-state index in [1.54, 1.807) is 24.3 Å². The lowest BCUT2D eigenvalue weighted by atomic mass is 10.1. The quantitative estimate of drug-likeness (QED) is 0.538. The summed E-state index contributed by atoms with van der Waals surface area (Å²) in [5.74, 6) is -1.87. The molecular weight excluding hydrogens is 316 g/mol. The van der Waals surface area contributed by atoms with Gasteiger partial charge in [0.25, 0.3) is 0 Å². The van der Waals surface area contributed by atoms with Crippen LogP contribution in [-0.4, -0.2) is 53.8 Å². The Bertz CT molecular complexity index is 609. The Labute approximate surface area is 139 Å². The lowest BCUT2D eigenvalue weighted by molar-refractivity contribution is -0.845. The number of rotatable bonds is 8. The van der Waals surface area contributed by atoms with Crippen molar-refractivity contribution in [1.82, 2.24) is 0 Å². The zero-order valence-electron chi connectivity index (χ0n) is 13.2. The molecule has 2 N–H and O–H groups in total. The van der Waals surface area contributed by atoms with Gasteiger partial charge in [0, 0.05) is 12.1 Å². The van der Waals surface area contributed by atoms with Gasteiger partial charge in [0.15, 0.2) is 0 Å². The third-order valence-electron chi connectivity index (χ3n) is 3.82. The molecule has 0 unspecified atom stereocenters. The summed E-state index contributed by atoms with van der Waals surface area (Å²) in [5, 5.41) is 22.9. The Morgan fingerprint density at radius 3 is 2.38 bits per heavy atom. The third-order valence-corrected chi connectivity index (χ3v) is 3.82. The second-order valence-electron chi connectivity index (χ2n) is 5.72. The molecule has 0 atom stereocenters. The molecule has 8 heteroatoms. The van der Waals surface area contributed by atoms with Crippen molar-refractivity contribution in [3.8, 4) is 0 Å². The zero-order chi connectivity index (χ0) is 17.6. The number of carbonyl (C=O) groups excluding carboxylic acids is 2. The van der Waals surface area contributed by atoms with Crippen molar-refractivity contribution in [3.63, 3.8) is 0 Å². The van der Waals surface area contributed by atoms with Crippen molar-refractivity contribution < 1.29 is 28.9 Å². The van der Waals surface area contributed by atoms with Crippen LogP contribution in [0.15, 0.2) is 24.3 Å². The van der Waals surface area contributed by atoms with Gasteiger partial charge < -0.3 is 20.4 Å². The fourth-order valence-electron chi connectivity index (χ4n) is 2.33. The summed E-state index contributed by atoms with van der Waals surface area (Å²) >= 11 is 0. The highest BCUT2D eigenvalue weighted by atomic mass is 16.6. The lowest BCUT2D eigenvalue weighted by Crippen LogP contribution is -2.57. The minimum absolute atomic E-state index is 0.207. The number of nitrogens with zero attached hydrogens (tertiary/aromatic N) is 1. The number of carboxylic acid groups (broad SMARTS) is 1. The number of aryl methyl sites for hydroxylation is 1. The molecule has 2 amide bonds. The molecule has 1 aliphatic heterocycles. The molecule has 24 heavy (non-hydrogen) atoms. The lowest BCUT2D eigenvalue weighted by Gasteiger charge is -2.46. The van der Waals surface area contributed by atoms with E-state index in [2.05, 4.69) is 10.1 Å². The predicted molar refractivity (Wildman–Crippen MR) is 84.8 cm³/mol. The Morgan fingerprint density at radius 1 is 1.17 bits per heavy atom. The number of nitrogens with one attached hydrogen (secondary N) is 1. The summed E-state index contributed by atoms with van der Waals surface area (Å²) in [5.41, 5.74) is 1.44. The van der Waals surface area contributed by atoms with E-state index in [0.29, 0.717) is 25.2 Å². The number of carbonyl (C=O) groups is 3. The van der Waals surface area contributed by atoms with Crippen LogP contribution in [0, 0.1) is 5.21 Å². The van der Waals surface area contributed by atoms with Gasteiger partial charge in [0.05, 0.1) is 19.5 Å². The molecule has 0 saturated carbocycles. The van der Waals surface area contributed by atoms with Crippen LogP contribution in [0.1, 0.15) is 18.4 Å². The summed E-state index contributed by atoms with van der Waals surface area (Å²) < 4.78 is 3.98. The van der Waals surface area contributed by atoms with Crippen molar-refractivity contribution in [1.29, 1.82) is 0 Å². The van der Waals surface area contributed by atoms with E-state index in [9.17, 15) is 19.6 Å². The standard InChI is InChI=1S/C16H20N2O6/c19-14(10-24-11-16(21)22)17-13-5-2-12(3-6-13)4-7-15(20)18(23)8-1-9-18/h2-3,5-6H,1,4,7-11H2,(H,17,19)(H,21,22). The number of likely N-dealkylation sites (tertiary alicyclic amines) is 1. The molecule has 1 fully saturated rings. The normalized spacial score (nSPS) is 15.4. The number of benzene rings is 1. The molecular formula is C16H20N2O6. The zero-order valence-corrected chi connectivity index (χ0v) is 13.2. The molecule has 0 aliphatic carbocycles. The molecule has 0 radical (unpaired) electrons. The summed E-state index contributed by atoms with van der Waals surface area (Å²) in [6, 6.07) is 6.90. The first-order valence-electron chi connectivity index (χ1n) is 7.69. The van der Waals surface area contributed by atoms with Gasteiger partial charge in [-0.2, -0.15) is 0 Å². The van der Waals surface area contributed by atoms with Gasteiger partial charge in [-0.1, -0.05) is 12.1 Å². The maximum Gasteiger partial charge on any atom is 0.329 e. The number of aliphatic carboxylic acids is 1. The molecule has 1 aromatic carbocycles. The fourth-order valence-corrected chi connectivity index (χ4v) is 2.33. The van der Waals surface area contributed by atoms with Gasteiger partial charge in [-0.25, -0.2) is 9.59 Å². The molecule has 0 spiro atoms. The highest BCUT2D eigenvalue weighted by Gasteiger charge is 2.33. The summed E-state index contributed by atoms with van der Waals surface area (Å²) in [6.45, 7) is -0.104. The Hall–Kier alpha value is -2.29. The molecule has 1 aliphatic rings. The molecule has 130 valence electrons. The number of anilines is 1. The molecule has 1 saturated heterocycles. The maximum atomic E-state index is 11.9. The van der Waals surface area contributed by atoms with E-state index in [1.807, 2.05) is 0 Å². The minimum atomic E-state index is -1.14. The van der Waals surface area contributed by atoms with Gasteiger partial charge in [-0.3, -0.25) is 9.44 Å². The van der Waals surface area contributed by atoms with E-state index < -0.39 is 23.1 Å². The van der Waals surface area contributed by atoms with Crippen LogP contribution < -0.4 is 5.32 Å². The van der Waals surface area contributed by atoms with Gasteiger partial charge >= 0.3 is 11.9 Å². The summed E-state index contributed by atoms with van der Waals surface area (Å²) in [7, 11) is 0. The van der Waals surface area contributed by atoms with E-state index >= 15 is 0 Å². The van der Waals surface area contributed by atoms with Crippen LogP contribution in [0.5, 0.6) is 0 Å². The SMILES string of the molecule is O=C(O)COCC(=O)Nc1ccc(CCC(=O)[N+]2([O-])CCC2)cc1. The van der Waals surface area contributed by atoms with Crippen molar-refractivity contribution in [3.05, 3.63) is 35.0 Å². The average Bonchev–Trinajstić information content (AvgIpc) is 2.51. The summed E-state index contributed by atoms with van der Waals surface area (Å²) in [6.07, 6.45) is 1.50. The van der Waals surface area contributed by atoms with Crippen molar-refractivity contribution in [2.45, 2.75) is 19.3 Å². The smallest absolute Gasteiger partial charge is 0.329 e. The minimum Gasteiger partial charge on any atom is -0.625 e. The molecule has 0 bridgehead atoms. The van der Waals surface area contributed by atoms with Crippen LogP contribution in [0.4, 0.5) is 5.69 Å². The largest absolute Gasteiger partial charge is 0.625 e. The molecule has 1 heterocycles. The first-order chi connectivity index (χ1) is 11.4. The van der Waals surface area contributed by atoms with Crippen LogP contribution in [0.25, 0.3) is 0 Å². The number of hydrogen-bond acceptors (Lipinski definition) is 5. The van der Waals surface area contributed by atoms with Gasteiger partial charge in [-0.15, -0.1) is 0 Å². The van der Waals surface area contributed by atoms with Gasteiger partial charge in [-0.05, 0) is 24.1 Å². The number of amides is 2. The monoisotopic (exact) mass is 336 g/mol. The van der Waals surface area contributed by atoms with Crippen LogP contribution in [0.2, 0.25) is 0 Å². The summed E-state index contributed by atoms with van der Waals surface area (Å²) in [4.78, 5) is 33.6. The van der Waals surface area contributed by atoms with Crippen molar-refractivity contribution >= 4 is 23.5 Å². The molecule has 8 nitrogen and oxygen atoms in total. The van der Waals surface area contributed by atoms with Gasteiger partial charge in [0.1, 0.15) is 13.2 Å². The fraction of sp³-hybridized carbons (Fsp3) is 0.438. The number of ether oxygens (including phenoxy) is 1. The van der Waals surface area contributed by atoms with E-state index in [0.717, 1.165) is 12.0 Å². The van der Waals surface area contributed by atoms with Gasteiger partial charge in [0.2, 0.25) is 5.91 Å². The predicted octanol–water partition coefficient (Wildman–Crippen LogP) is 0.904. The van der Waals surface area contributed by atoms with E-state index in [-0.39, 0.29) is 18.9 Å². The van der Waals surface area contributed by atoms with Crippen LogP contribution in [0.3, 0.4) is 0 Å². The van der Waals surface area contributed by atoms with Crippen molar-refractivity contribution in [2.75, 3.05) is 31.6 Å². The Morgan fingerprint density at radius 2 is 1.83 bits per heavy atom. The second-order valence-corrected chi connectivity index (χ2v) is 5.72. The van der Waals surface area contributed by atoms with Crippen LogP contribution in [-0.2, 0) is 25.5 Å². The first-order valence-corrected chi connectivity index (χ1v) is 7.69. The van der Waals surface area contributed by atoms with E-state index in [4.69, 9.17) is 5.11 Å². The average molecular weight is 336 g/mol. The maximum absolute atomic E-state index is 11.9. The molecule has 1 aromatic rings. The molecule has 2 rings (SSSR count). The number of hydrogen-bond donors (Lipinski definition) is 2. The molecule has 0 aromatic heterocycles. The first kappa shape index (κ1) is 18.1. The number of carboxylic acids is 1. The Balaban J connectivity index is 1.75. The highest BCUT2D eigenvalue weighted by Crippen LogP contribution is 2.21. The number of hydroxylamine groups is 3. The third kappa shape index (κ3) is 5.12. The second kappa shape index (κ2) is 8.00. The van der Waals surface area contributed by atoms with Crippen molar-refractivity contribution in [2.24, 2.45) is 0 Å². The van der Waals surface area contributed by atoms with Crippen LogP contribution >= 0.6 is 0 Å². The number of quaternary nitrogens is 1. The topological polar surface area (TPSA) is 116 Å². The Kier molecular flexibility index (Phi) is 6.02. The highest BCUT2D eigenvalue weighted by molar-refractivity contribution is 5.91. The van der Waals surface area contributed by atoms with E-state index in [1.165, 1.54) is 0 Å².